The van der Waals surface area contributed by atoms with Crippen LogP contribution in [-0.2, 0) is 4.79 Å². The van der Waals surface area contributed by atoms with Gasteiger partial charge in [-0.1, -0.05) is 23.7 Å². The number of thiazole rings is 1. The zero-order valence-electron chi connectivity index (χ0n) is 15.8. The summed E-state index contributed by atoms with van der Waals surface area (Å²) in [5.41, 5.74) is 1.98. The largest absolute Gasteiger partial charge is 0.337 e. The van der Waals surface area contributed by atoms with E-state index in [1.165, 1.54) is 11.3 Å². The summed E-state index contributed by atoms with van der Waals surface area (Å²) in [5.74, 6) is -0.288. The summed E-state index contributed by atoms with van der Waals surface area (Å²) in [6.45, 7) is 2.93. The fourth-order valence-corrected chi connectivity index (χ4v) is 4.25. The van der Waals surface area contributed by atoms with E-state index in [9.17, 15) is 9.59 Å². The molecule has 0 radical (unpaired) electrons. The van der Waals surface area contributed by atoms with Crippen LogP contribution in [0.15, 0.2) is 41.9 Å². The van der Waals surface area contributed by atoms with Crippen LogP contribution in [-0.4, -0.2) is 44.6 Å². The van der Waals surface area contributed by atoms with Gasteiger partial charge in [-0.25, -0.2) is 9.67 Å². The number of amides is 2. The third-order valence-electron chi connectivity index (χ3n) is 4.91. The van der Waals surface area contributed by atoms with Crippen molar-refractivity contribution >= 4 is 39.9 Å². The van der Waals surface area contributed by atoms with Gasteiger partial charge in [-0.3, -0.25) is 9.59 Å². The Bertz CT molecular complexity index is 1040. The summed E-state index contributed by atoms with van der Waals surface area (Å²) >= 11 is 7.62. The molecule has 0 spiro atoms. The number of rotatable bonds is 4. The summed E-state index contributed by atoms with van der Waals surface area (Å²) in [7, 11) is 0. The van der Waals surface area contributed by atoms with Gasteiger partial charge in [0, 0.05) is 30.6 Å². The topological polar surface area (TPSA) is 80.1 Å². The Labute approximate surface area is 177 Å². The smallest absolute Gasteiger partial charge is 0.274 e. The van der Waals surface area contributed by atoms with Crippen molar-refractivity contribution in [1.29, 1.82) is 0 Å². The van der Waals surface area contributed by atoms with Crippen LogP contribution in [0.25, 0.3) is 5.69 Å². The van der Waals surface area contributed by atoms with Crippen LogP contribution >= 0.6 is 22.9 Å². The highest BCUT2D eigenvalue weighted by Gasteiger charge is 2.29. The molecule has 2 amide bonds. The molecule has 3 aromatic rings. The average molecular weight is 430 g/mol. The molecule has 9 heteroatoms. The number of hydrogen-bond acceptors (Lipinski definition) is 5. The SMILES string of the molecule is Cc1csc(NC(=O)C2CCN(C(=O)c3ccn(-c4ccccc4Cl)n3)CC2)n1. The maximum atomic E-state index is 12.8. The first-order valence-corrected chi connectivity index (χ1v) is 10.6. The molecule has 7 nitrogen and oxygen atoms in total. The summed E-state index contributed by atoms with van der Waals surface area (Å²) in [4.78, 5) is 31.3. The lowest BCUT2D eigenvalue weighted by atomic mass is 9.96. The highest BCUT2D eigenvalue weighted by Crippen LogP contribution is 2.23. The second kappa shape index (κ2) is 8.34. The first kappa shape index (κ1) is 19.6. The monoisotopic (exact) mass is 429 g/mol. The number of aryl methyl sites for hydroxylation is 1. The van der Waals surface area contributed by atoms with Crippen LogP contribution in [0.4, 0.5) is 5.13 Å². The quantitative estimate of drug-likeness (QED) is 0.684. The molecule has 0 aliphatic carbocycles. The summed E-state index contributed by atoms with van der Waals surface area (Å²) < 4.78 is 1.60. The molecular weight excluding hydrogens is 410 g/mol. The molecule has 0 unspecified atom stereocenters. The van der Waals surface area contributed by atoms with Gasteiger partial charge in [0.05, 0.1) is 16.4 Å². The van der Waals surface area contributed by atoms with E-state index < -0.39 is 0 Å². The summed E-state index contributed by atoms with van der Waals surface area (Å²) in [6.07, 6.45) is 2.96. The first-order chi connectivity index (χ1) is 14.0. The van der Waals surface area contributed by atoms with Gasteiger partial charge < -0.3 is 10.2 Å². The predicted molar refractivity (Wildman–Crippen MR) is 113 cm³/mol. The number of para-hydroxylation sites is 1. The van der Waals surface area contributed by atoms with Gasteiger partial charge >= 0.3 is 0 Å². The second-order valence-electron chi connectivity index (χ2n) is 6.95. The summed E-state index contributed by atoms with van der Waals surface area (Å²) in [6, 6.07) is 9.03. The summed E-state index contributed by atoms with van der Waals surface area (Å²) in [5, 5.41) is 10.3. The number of anilines is 1. The molecule has 1 aliphatic heterocycles. The number of carbonyl (C=O) groups excluding carboxylic acids is 2. The average Bonchev–Trinajstić information content (AvgIpc) is 3.37. The van der Waals surface area contributed by atoms with Crippen molar-refractivity contribution in [2.75, 3.05) is 18.4 Å². The number of hydrogen-bond donors (Lipinski definition) is 1. The number of nitrogens with one attached hydrogen (secondary N) is 1. The van der Waals surface area contributed by atoms with Crippen LogP contribution in [0.1, 0.15) is 29.0 Å². The van der Waals surface area contributed by atoms with Crippen molar-refractivity contribution < 1.29 is 9.59 Å². The number of likely N-dealkylation sites (tertiary alicyclic amines) is 1. The Morgan fingerprint density at radius 3 is 2.66 bits per heavy atom. The molecule has 1 N–H and O–H groups in total. The Morgan fingerprint density at radius 1 is 1.21 bits per heavy atom. The van der Waals surface area contributed by atoms with Crippen molar-refractivity contribution in [3.05, 3.63) is 58.3 Å². The fraction of sp³-hybridized carbons (Fsp3) is 0.300. The van der Waals surface area contributed by atoms with Gasteiger partial charge in [-0.05, 0) is 38.0 Å². The minimum atomic E-state index is -0.134. The molecule has 1 fully saturated rings. The molecule has 0 bridgehead atoms. The lowest BCUT2D eigenvalue weighted by Gasteiger charge is -2.30. The lowest BCUT2D eigenvalue weighted by molar-refractivity contribution is -0.121. The molecule has 3 heterocycles. The molecule has 1 aromatic carbocycles. The van der Waals surface area contributed by atoms with Crippen LogP contribution < -0.4 is 5.32 Å². The maximum Gasteiger partial charge on any atom is 0.274 e. The molecule has 29 heavy (non-hydrogen) atoms. The van der Waals surface area contributed by atoms with Gasteiger partial charge in [-0.2, -0.15) is 5.10 Å². The van der Waals surface area contributed by atoms with E-state index in [0.717, 1.165) is 11.4 Å². The molecule has 2 aromatic heterocycles. The lowest BCUT2D eigenvalue weighted by Crippen LogP contribution is -2.41. The van der Waals surface area contributed by atoms with Crippen LogP contribution in [0.2, 0.25) is 5.02 Å². The minimum Gasteiger partial charge on any atom is -0.337 e. The Kier molecular flexibility index (Phi) is 5.64. The number of aromatic nitrogens is 3. The molecule has 0 saturated carbocycles. The number of benzene rings is 1. The van der Waals surface area contributed by atoms with Crippen molar-refractivity contribution in [2.45, 2.75) is 19.8 Å². The van der Waals surface area contributed by atoms with E-state index in [0.29, 0.717) is 41.8 Å². The van der Waals surface area contributed by atoms with Crippen molar-refractivity contribution in [2.24, 2.45) is 5.92 Å². The Hall–Kier alpha value is -2.71. The van der Waals surface area contributed by atoms with E-state index in [2.05, 4.69) is 15.4 Å². The standard InChI is InChI=1S/C20H20ClN5O2S/c1-13-12-29-20(22-13)23-18(27)14-6-9-25(10-7-14)19(28)16-8-11-26(24-16)17-5-3-2-4-15(17)21/h2-5,8,11-12,14H,6-7,9-10H2,1H3,(H,22,23,27). The van der Waals surface area contributed by atoms with E-state index in [4.69, 9.17) is 11.6 Å². The number of piperidine rings is 1. The van der Waals surface area contributed by atoms with E-state index in [1.807, 2.05) is 30.5 Å². The second-order valence-corrected chi connectivity index (χ2v) is 8.21. The Balaban J connectivity index is 1.36. The number of halogens is 1. The zero-order chi connectivity index (χ0) is 20.4. The normalized spacial score (nSPS) is 14.8. The molecule has 0 atom stereocenters. The highest BCUT2D eigenvalue weighted by molar-refractivity contribution is 7.13. The minimum absolute atomic E-state index is 0.0329. The van der Waals surface area contributed by atoms with Crippen LogP contribution in [0, 0.1) is 12.8 Å². The van der Waals surface area contributed by atoms with Crippen molar-refractivity contribution in [1.82, 2.24) is 19.7 Å². The molecule has 150 valence electrons. The van der Waals surface area contributed by atoms with Gasteiger partial charge in [0.1, 0.15) is 0 Å². The molecule has 4 rings (SSSR count). The van der Waals surface area contributed by atoms with E-state index >= 15 is 0 Å². The molecule has 1 aliphatic rings. The van der Waals surface area contributed by atoms with Gasteiger partial charge in [-0.15, -0.1) is 11.3 Å². The predicted octanol–water partition coefficient (Wildman–Crippen LogP) is 3.78. The number of nitrogens with zero attached hydrogens (tertiary/aromatic N) is 4. The highest BCUT2D eigenvalue weighted by atomic mass is 35.5. The number of carbonyl (C=O) groups is 2. The van der Waals surface area contributed by atoms with E-state index in [-0.39, 0.29) is 17.7 Å². The zero-order valence-corrected chi connectivity index (χ0v) is 17.4. The van der Waals surface area contributed by atoms with Gasteiger partial charge in [0.2, 0.25) is 5.91 Å². The molecular formula is C20H20ClN5O2S. The van der Waals surface area contributed by atoms with Gasteiger partial charge in [0.25, 0.3) is 5.91 Å². The third kappa shape index (κ3) is 4.33. The van der Waals surface area contributed by atoms with Crippen LogP contribution in [0.5, 0.6) is 0 Å². The van der Waals surface area contributed by atoms with Crippen molar-refractivity contribution in [3.8, 4) is 5.69 Å². The first-order valence-electron chi connectivity index (χ1n) is 9.34. The van der Waals surface area contributed by atoms with E-state index in [1.54, 1.807) is 27.9 Å². The van der Waals surface area contributed by atoms with Crippen LogP contribution in [0.3, 0.4) is 0 Å². The maximum absolute atomic E-state index is 12.8. The molecule has 1 saturated heterocycles. The Morgan fingerprint density at radius 2 is 1.97 bits per heavy atom. The third-order valence-corrected chi connectivity index (χ3v) is 6.10. The fourth-order valence-electron chi connectivity index (χ4n) is 3.34. The van der Waals surface area contributed by atoms with Gasteiger partial charge in [0.15, 0.2) is 10.8 Å². The van der Waals surface area contributed by atoms with Crippen molar-refractivity contribution in [3.63, 3.8) is 0 Å².